The maximum atomic E-state index is 11.6. The molecular weight excluding hydrogens is 332 g/mol. The molecule has 150 valence electrons. The summed E-state index contributed by atoms with van der Waals surface area (Å²) >= 11 is 0. The van der Waals surface area contributed by atoms with Crippen LogP contribution in [0.1, 0.15) is 97.8 Å². The molecule has 4 heteroatoms. The van der Waals surface area contributed by atoms with Gasteiger partial charge in [0, 0.05) is 0 Å². The standard InChI is InChI=1S/C21H42O3S/c1-6-8-10-11-12-13-14-16-20(4)18-21(24-25(5,22)23)17-19(3)15-9-7-2/h6,19-21H,1,7-18H2,2-5H3/t19-,20-,21+/m0/s1. The van der Waals surface area contributed by atoms with E-state index < -0.39 is 10.1 Å². The third kappa shape index (κ3) is 16.8. The van der Waals surface area contributed by atoms with Crippen molar-refractivity contribution in [3.05, 3.63) is 12.7 Å². The first-order valence-corrected chi connectivity index (χ1v) is 12.1. The van der Waals surface area contributed by atoms with E-state index in [4.69, 9.17) is 4.18 Å². The molecule has 0 bridgehead atoms. The molecule has 0 rings (SSSR count). The van der Waals surface area contributed by atoms with Crippen LogP contribution in [0, 0.1) is 11.8 Å². The predicted molar refractivity (Wildman–Crippen MR) is 109 cm³/mol. The summed E-state index contributed by atoms with van der Waals surface area (Å²) in [5, 5.41) is 0. The maximum absolute atomic E-state index is 11.6. The summed E-state index contributed by atoms with van der Waals surface area (Å²) in [7, 11) is -3.38. The lowest BCUT2D eigenvalue weighted by Gasteiger charge is -2.23. The highest BCUT2D eigenvalue weighted by Crippen LogP contribution is 2.24. The zero-order chi connectivity index (χ0) is 19.1. The highest BCUT2D eigenvalue weighted by Gasteiger charge is 2.21. The van der Waals surface area contributed by atoms with Crippen molar-refractivity contribution in [1.82, 2.24) is 0 Å². The van der Waals surface area contributed by atoms with Crippen molar-refractivity contribution in [1.29, 1.82) is 0 Å². The minimum absolute atomic E-state index is 0.163. The average Bonchev–Trinajstić information content (AvgIpc) is 2.50. The Kier molecular flexibility index (Phi) is 14.6. The van der Waals surface area contributed by atoms with Crippen LogP contribution in [0.3, 0.4) is 0 Å². The van der Waals surface area contributed by atoms with E-state index in [1.807, 2.05) is 6.08 Å². The van der Waals surface area contributed by atoms with Crippen molar-refractivity contribution in [3.8, 4) is 0 Å². The number of unbranched alkanes of at least 4 members (excludes halogenated alkanes) is 6. The molecule has 25 heavy (non-hydrogen) atoms. The van der Waals surface area contributed by atoms with E-state index in [2.05, 4.69) is 27.4 Å². The van der Waals surface area contributed by atoms with Gasteiger partial charge in [0.1, 0.15) is 0 Å². The van der Waals surface area contributed by atoms with Gasteiger partial charge in [0.25, 0.3) is 10.1 Å². The molecule has 0 aliphatic rings. The first kappa shape index (κ1) is 24.7. The quantitative estimate of drug-likeness (QED) is 0.166. The summed E-state index contributed by atoms with van der Waals surface area (Å²) in [4.78, 5) is 0. The summed E-state index contributed by atoms with van der Waals surface area (Å²) in [6.07, 6.45) is 16.8. The van der Waals surface area contributed by atoms with Gasteiger partial charge in [-0.05, 0) is 37.5 Å². The molecule has 0 aromatic rings. The Morgan fingerprint density at radius 2 is 1.44 bits per heavy atom. The van der Waals surface area contributed by atoms with E-state index >= 15 is 0 Å². The average molecular weight is 375 g/mol. The van der Waals surface area contributed by atoms with E-state index in [0.717, 1.165) is 32.1 Å². The van der Waals surface area contributed by atoms with Crippen molar-refractivity contribution in [2.45, 2.75) is 104 Å². The fourth-order valence-corrected chi connectivity index (χ4v) is 4.07. The Morgan fingerprint density at radius 1 is 0.920 bits per heavy atom. The van der Waals surface area contributed by atoms with Crippen molar-refractivity contribution in [2.75, 3.05) is 6.26 Å². The van der Waals surface area contributed by atoms with Crippen LogP contribution in [0.2, 0.25) is 0 Å². The molecule has 0 aromatic carbocycles. The van der Waals surface area contributed by atoms with Crippen LogP contribution in [-0.4, -0.2) is 20.8 Å². The molecule has 3 atom stereocenters. The van der Waals surface area contributed by atoms with Crippen molar-refractivity contribution >= 4 is 10.1 Å². The number of allylic oxidation sites excluding steroid dienone is 1. The van der Waals surface area contributed by atoms with Crippen LogP contribution in [0.4, 0.5) is 0 Å². The van der Waals surface area contributed by atoms with E-state index in [1.54, 1.807) is 0 Å². The molecular formula is C21H42O3S. The third-order valence-corrected chi connectivity index (χ3v) is 5.42. The number of hydrogen-bond donors (Lipinski definition) is 0. The molecule has 0 N–H and O–H groups in total. The van der Waals surface area contributed by atoms with Crippen LogP contribution in [0.5, 0.6) is 0 Å². The van der Waals surface area contributed by atoms with Gasteiger partial charge in [-0.1, -0.05) is 78.2 Å². The lowest BCUT2D eigenvalue weighted by atomic mass is 9.90. The molecule has 0 fully saturated rings. The Hall–Kier alpha value is -0.350. The van der Waals surface area contributed by atoms with Gasteiger partial charge in [0.15, 0.2) is 0 Å². The first-order valence-electron chi connectivity index (χ1n) is 10.3. The lowest BCUT2D eigenvalue weighted by molar-refractivity contribution is 0.146. The van der Waals surface area contributed by atoms with Gasteiger partial charge >= 0.3 is 0 Å². The summed E-state index contributed by atoms with van der Waals surface area (Å²) in [5.41, 5.74) is 0. The lowest BCUT2D eigenvalue weighted by Crippen LogP contribution is -2.23. The van der Waals surface area contributed by atoms with Crippen molar-refractivity contribution in [3.63, 3.8) is 0 Å². The highest BCUT2D eigenvalue weighted by molar-refractivity contribution is 7.86. The molecule has 0 spiro atoms. The van der Waals surface area contributed by atoms with Crippen LogP contribution in [0.15, 0.2) is 12.7 Å². The summed E-state index contributed by atoms with van der Waals surface area (Å²) in [6, 6.07) is 0. The summed E-state index contributed by atoms with van der Waals surface area (Å²) < 4.78 is 28.5. The monoisotopic (exact) mass is 374 g/mol. The van der Waals surface area contributed by atoms with Gasteiger partial charge in [0.05, 0.1) is 12.4 Å². The Labute approximate surface area is 157 Å². The molecule has 0 amide bonds. The molecule has 3 nitrogen and oxygen atoms in total. The normalized spacial score (nSPS) is 15.7. The molecule has 0 radical (unpaired) electrons. The molecule has 0 saturated heterocycles. The third-order valence-electron chi connectivity index (χ3n) is 4.80. The minimum atomic E-state index is -3.38. The van der Waals surface area contributed by atoms with Gasteiger partial charge in [-0.25, -0.2) is 0 Å². The van der Waals surface area contributed by atoms with E-state index in [-0.39, 0.29) is 6.10 Å². The van der Waals surface area contributed by atoms with Gasteiger partial charge < -0.3 is 0 Å². The van der Waals surface area contributed by atoms with Crippen LogP contribution in [-0.2, 0) is 14.3 Å². The van der Waals surface area contributed by atoms with Crippen LogP contribution < -0.4 is 0 Å². The summed E-state index contributed by atoms with van der Waals surface area (Å²) in [6.45, 7) is 10.4. The zero-order valence-electron chi connectivity index (χ0n) is 17.1. The molecule has 0 saturated carbocycles. The van der Waals surface area contributed by atoms with E-state index in [9.17, 15) is 8.42 Å². The zero-order valence-corrected chi connectivity index (χ0v) is 18.0. The van der Waals surface area contributed by atoms with Crippen molar-refractivity contribution in [2.24, 2.45) is 11.8 Å². The van der Waals surface area contributed by atoms with Gasteiger partial charge in [0.2, 0.25) is 0 Å². The van der Waals surface area contributed by atoms with Crippen LogP contribution >= 0.6 is 0 Å². The largest absolute Gasteiger partial charge is 0.267 e. The molecule has 0 aliphatic heterocycles. The first-order chi connectivity index (χ1) is 11.8. The fourth-order valence-electron chi connectivity index (χ4n) is 3.42. The molecule has 0 heterocycles. The SMILES string of the molecule is C=CCCCCCCC[C@H](C)C[C@@H](C[C@@H](C)CCCC)OS(C)(=O)=O. The van der Waals surface area contributed by atoms with Crippen LogP contribution in [0.25, 0.3) is 0 Å². The second kappa shape index (κ2) is 14.8. The maximum Gasteiger partial charge on any atom is 0.264 e. The minimum Gasteiger partial charge on any atom is -0.267 e. The predicted octanol–water partition coefficient (Wildman–Crippen LogP) is 6.49. The Morgan fingerprint density at radius 3 is 1.96 bits per heavy atom. The smallest absolute Gasteiger partial charge is 0.264 e. The molecule has 0 aliphatic carbocycles. The van der Waals surface area contributed by atoms with E-state index in [0.29, 0.717) is 11.8 Å². The highest BCUT2D eigenvalue weighted by atomic mass is 32.2. The second-order valence-electron chi connectivity index (χ2n) is 7.88. The summed E-state index contributed by atoms with van der Waals surface area (Å²) in [5.74, 6) is 1.03. The number of rotatable bonds is 17. The Bertz CT molecular complexity index is 417. The van der Waals surface area contributed by atoms with Crippen molar-refractivity contribution < 1.29 is 12.6 Å². The second-order valence-corrected chi connectivity index (χ2v) is 9.48. The molecule has 0 aromatic heterocycles. The van der Waals surface area contributed by atoms with Gasteiger partial charge in [-0.2, -0.15) is 8.42 Å². The number of hydrogen-bond acceptors (Lipinski definition) is 3. The van der Waals surface area contributed by atoms with Gasteiger partial charge in [-0.3, -0.25) is 4.18 Å². The molecule has 0 unspecified atom stereocenters. The van der Waals surface area contributed by atoms with E-state index in [1.165, 1.54) is 51.2 Å². The fraction of sp³-hybridized carbons (Fsp3) is 0.905. The topological polar surface area (TPSA) is 43.4 Å². The Balaban J connectivity index is 4.17. The van der Waals surface area contributed by atoms with Gasteiger partial charge in [-0.15, -0.1) is 6.58 Å².